The minimum absolute atomic E-state index is 0.141. The number of rotatable bonds is 3. The van der Waals surface area contributed by atoms with Gasteiger partial charge in [-0.2, -0.15) is 0 Å². The molecule has 2 aliphatic heterocycles. The van der Waals surface area contributed by atoms with E-state index in [1.807, 2.05) is 31.3 Å². The normalized spacial score (nSPS) is 19.5. The summed E-state index contributed by atoms with van der Waals surface area (Å²) >= 11 is 6.38. The van der Waals surface area contributed by atoms with Gasteiger partial charge in [0.25, 0.3) is 5.91 Å². The molecule has 2 aliphatic rings. The topological polar surface area (TPSA) is 61.4 Å². The quantitative estimate of drug-likeness (QED) is 0.599. The molecule has 0 bridgehead atoms. The average molecular weight is 426 g/mol. The van der Waals surface area contributed by atoms with Crippen molar-refractivity contribution in [3.8, 4) is 11.3 Å². The van der Waals surface area contributed by atoms with Crippen molar-refractivity contribution in [1.29, 1.82) is 0 Å². The van der Waals surface area contributed by atoms with Crippen molar-refractivity contribution in [3.05, 3.63) is 46.6 Å². The molecule has 1 aromatic carbocycles. The summed E-state index contributed by atoms with van der Waals surface area (Å²) < 4.78 is 0.497. The van der Waals surface area contributed by atoms with Gasteiger partial charge in [-0.3, -0.25) is 9.78 Å². The summed E-state index contributed by atoms with van der Waals surface area (Å²) in [6, 6.07) is 6.15. The molecule has 0 spiro atoms. The SMILES string of the molecule is Cc1ccc(-c2cncc(N3CCCN(C)CC3)n2)cc1C=C1SC(=S)NC1=O. The van der Waals surface area contributed by atoms with Gasteiger partial charge in [-0.25, -0.2) is 4.98 Å². The van der Waals surface area contributed by atoms with Crippen molar-refractivity contribution < 1.29 is 4.79 Å². The first-order valence-electron chi connectivity index (χ1n) is 9.61. The number of nitrogens with zero attached hydrogens (tertiary/aromatic N) is 4. The Morgan fingerprint density at radius 2 is 2.07 bits per heavy atom. The highest BCUT2D eigenvalue weighted by Crippen LogP contribution is 2.29. The molecule has 6 nitrogen and oxygen atoms in total. The Balaban J connectivity index is 1.63. The van der Waals surface area contributed by atoms with Crippen LogP contribution >= 0.6 is 24.0 Å². The number of aromatic nitrogens is 2. The van der Waals surface area contributed by atoms with E-state index in [4.69, 9.17) is 17.2 Å². The summed E-state index contributed by atoms with van der Waals surface area (Å²) in [4.78, 5) is 26.6. The minimum Gasteiger partial charge on any atom is -0.354 e. The van der Waals surface area contributed by atoms with Crippen LogP contribution in [0.1, 0.15) is 17.5 Å². The van der Waals surface area contributed by atoms with E-state index in [1.54, 1.807) is 6.20 Å². The van der Waals surface area contributed by atoms with E-state index >= 15 is 0 Å². The van der Waals surface area contributed by atoms with Crippen molar-refractivity contribution in [2.45, 2.75) is 13.3 Å². The van der Waals surface area contributed by atoms with E-state index < -0.39 is 0 Å². The molecule has 0 aliphatic carbocycles. The van der Waals surface area contributed by atoms with E-state index in [9.17, 15) is 4.79 Å². The summed E-state index contributed by atoms with van der Waals surface area (Å²) in [7, 11) is 2.16. The molecule has 0 atom stereocenters. The fourth-order valence-corrected chi connectivity index (χ4v) is 4.48. The summed E-state index contributed by atoms with van der Waals surface area (Å²) in [5.41, 5.74) is 3.88. The molecule has 2 aromatic rings. The monoisotopic (exact) mass is 425 g/mol. The van der Waals surface area contributed by atoms with E-state index in [-0.39, 0.29) is 5.91 Å². The van der Waals surface area contributed by atoms with Crippen LogP contribution in [0.4, 0.5) is 5.82 Å². The average Bonchev–Trinajstić information content (AvgIpc) is 2.89. The molecule has 3 heterocycles. The number of amides is 1. The van der Waals surface area contributed by atoms with Gasteiger partial charge in [0.1, 0.15) is 10.1 Å². The van der Waals surface area contributed by atoms with E-state index in [0.29, 0.717) is 9.23 Å². The highest BCUT2D eigenvalue weighted by Gasteiger charge is 2.22. The Hall–Kier alpha value is -2.29. The highest BCUT2D eigenvalue weighted by atomic mass is 32.2. The maximum Gasteiger partial charge on any atom is 0.263 e. The zero-order chi connectivity index (χ0) is 20.4. The molecule has 150 valence electrons. The van der Waals surface area contributed by atoms with E-state index in [0.717, 1.165) is 60.8 Å². The second kappa shape index (κ2) is 8.61. The van der Waals surface area contributed by atoms with Gasteiger partial charge in [-0.05, 0) is 50.2 Å². The summed E-state index contributed by atoms with van der Waals surface area (Å²) in [5, 5.41) is 2.66. The van der Waals surface area contributed by atoms with Gasteiger partial charge in [-0.1, -0.05) is 36.1 Å². The van der Waals surface area contributed by atoms with Crippen LogP contribution in [-0.4, -0.2) is 58.3 Å². The molecule has 0 radical (unpaired) electrons. The van der Waals surface area contributed by atoms with Crippen molar-refractivity contribution in [1.82, 2.24) is 20.2 Å². The predicted molar refractivity (Wildman–Crippen MR) is 123 cm³/mol. The molecular formula is C21H23N5OS2. The molecular weight excluding hydrogens is 402 g/mol. The molecule has 1 N–H and O–H groups in total. The number of aryl methyl sites for hydroxylation is 1. The zero-order valence-electron chi connectivity index (χ0n) is 16.5. The molecule has 2 saturated heterocycles. The molecule has 0 unspecified atom stereocenters. The third-order valence-corrected chi connectivity index (χ3v) is 6.33. The minimum atomic E-state index is -0.141. The molecule has 1 aromatic heterocycles. The lowest BCUT2D eigenvalue weighted by molar-refractivity contribution is -0.115. The van der Waals surface area contributed by atoms with Gasteiger partial charge < -0.3 is 15.1 Å². The van der Waals surface area contributed by atoms with Gasteiger partial charge in [0.2, 0.25) is 0 Å². The maximum absolute atomic E-state index is 12.0. The Morgan fingerprint density at radius 3 is 2.86 bits per heavy atom. The Bertz CT molecular complexity index is 991. The largest absolute Gasteiger partial charge is 0.354 e. The number of thiocarbonyl (C=S) groups is 1. The van der Waals surface area contributed by atoms with Crippen LogP contribution < -0.4 is 10.2 Å². The summed E-state index contributed by atoms with van der Waals surface area (Å²) in [6.07, 6.45) is 6.64. The summed E-state index contributed by atoms with van der Waals surface area (Å²) in [5.74, 6) is 0.770. The zero-order valence-corrected chi connectivity index (χ0v) is 18.1. The summed E-state index contributed by atoms with van der Waals surface area (Å²) in [6.45, 7) is 6.10. The van der Waals surface area contributed by atoms with Gasteiger partial charge in [0.15, 0.2) is 0 Å². The number of benzene rings is 1. The molecule has 1 amide bonds. The number of hydrogen-bond acceptors (Lipinski definition) is 7. The fraction of sp³-hybridized carbons (Fsp3) is 0.333. The number of carbonyl (C=O) groups excluding carboxylic acids is 1. The van der Waals surface area contributed by atoms with Crippen LogP contribution in [0.2, 0.25) is 0 Å². The van der Waals surface area contributed by atoms with Gasteiger partial charge in [0.05, 0.1) is 23.0 Å². The Labute approximate surface area is 180 Å². The predicted octanol–water partition coefficient (Wildman–Crippen LogP) is 3.08. The maximum atomic E-state index is 12.0. The second-order valence-corrected chi connectivity index (χ2v) is 9.05. The van der Waals surface area contributed by atoms with E-state index in [2.05, 4.69) is 33.2 Å². The van der Waals surface area contributed by atoms with Gasteiger partial charge in [0, 0.05) is 25.2 Å². The van der Waals surface area contributed by atoms with Crippen molar-refractivity contribution in [2.75, 3.05) is 38.1 Å². The van der Waals surface area contributed by atoms with Crippen molar-refractivity contribution >= 4 is 46.1 Å². The number of hydrogen-bond donors (Lipinski definition) is 1. The lowest BCUT2D eigenvalue weighted by Gasteiger charge is -2.21. The van der Waals surface area contributed by atoms with Crippen LogP contribution in [0.5, 0.6) is 0 Å². The molecule has 8 heteroatoms. The first-order valence-corrected chi connectivity index (χ1v) is 10.8. The number of thioether (sulfide) groups is 1. The molecule has 2 fully saturated rings. The number of carbonyl (C=O) groups is 1. The van der Waals surface area contributed by atoms with Crippen molar-refractivity contribution in [2.24, 2.45) is 0 Å². The standard InChI is InChI=1S/C21H23N5OS2/c1-14-4-5-15(10-16(14)11-18-20(27)24-21(28)29-18)17-12-22-13-19(23-17)26-7-3-6-25(2)8-9-26/h4-5,10-13H,3,6-9H2,1-2H3,(H,24,27,28). The third-order valence-electron chi connectivity index (χ3n) is 5.17. The van der Waals surface area contributed by atoms with E-state index in [1.165, 1.54) is 11.8 Å². The van der Waals surface area contributed by atoms with Gasteiger partial charge in [-0.15, -0.1) is 0 Å². The van der Waals surface area contributed by atoms with Crippen LogP contribution in [-0.2, 0) is 4.79 Å². The fourth-order valence-electron chi connectivity index (χ4n) is 3.44. The molecule has 29 heavy (non-hydrogen) atoms. The molecule has 4 rings (SSSR count). The first kappa shape index (κ1) is 20.0. The Morgan fingerprint density at radius 1 is 1.21 bits per heavy atom. The highest BCUT2D eigenvalue weighted by molar-refractivity contribution is 8.26. The smallest absolute Gasteiger partial charge is 0.263 e. The third kappa shape index (κ3) is 4.66. The Kier molecular flexibility index (Phi) is 5.94. The second-order valence-electron chi connectivity index (χ2n) is 7.33. The van der Waals surface area contributed by atoms with Crippen LogP contribution in [0.15, 0.2) is 35.5 Å². The molecule has 0 saturated carbocycles. The number of nitrogens with one attached hydrogen (secondary N) is 1. The van der Waals surface area contributed by atoms with Crippen LogP contribution in [0.25, 0.3) is 17.3 Å². The first-order chi connectivity index (χ1) is 14.0. The van der Waals surface area contributed by atoms with Crippen LogP contribution in [0.3, 0.4) is 0 Å². The number of anilines is 1. The van der Waals surface area contributed by atoms with Crippen molar-refractivity contribution in [3.63, 3.8) is 0 Å². The van der Waals surface area contributed by atoms with Crippen LogP contribution in [0, 0.1) is 6.92 Å². The lowest BCUT2D eigenvalue weighted by Crippen LogP contribution is -2.29. The number of likely N-dealkylation sites (N-methyl/N-ethyl adjacent to an activating group) is 1. The van der Waals surface area contributed by atoms with Gasteiger partial charge >= 0.3 is 0 Å². The lowest BCUT2D eigenvalue weighted by atomic mass is 10.0.